The van der Waals surface area contributed by atoms with Crippen LogP contribution in [0.2, 0.25) is 0 Å². The quantitative estimate of drug-likeness (QED) is 0.694. The fourth-order valence-electron chi connectivity index (χ4n) is 4.29. The third-order valence-corrected chi connectivity index (χ3v) is 5.49. The number of carboxylic acids is 2. The lowest BCUT2D eigenvalue weighted by atomic mass is 9.76. The van der Waals surface area contributed by atoms with E-state index in [1.165, 1.54) is 57.3 Å². The molecule has 0 bridgehead atoms. The van der Waals surface area contributed by atoms with Gasteiger partial charge in [0.25, 0.3) is 0 Å². The van der Waals surface area contributed by atoms with E-state index < -0.39 is 11.9 Å². The van der Waals surface area contributed by atoms with E-state index in [-0.39, 0.29) is 0 Å². The molecule has 1 fully saturated rings. The Labute approximate surface area is 167 Å². The van der Waals surface area contributed by atoms with Crippen molar-refractivity contribution in [1.29, 1.82) is 0 Å². The average Bonchev–Trinajstić information content (AvgIpc) is 2.66. The van der Waals surface area contributed by atoms with Gasteiger partial charge in [-0.3, -0.25) is 0 Å². The topological polar surface area (TPSA) is 85.1 Å². The van der Waals surface area contributed by atoms with Crippen molar-refractivity contribution in [3.05, 3.63) is 42.0 Å². The van der Waals surface area contributed by atoms with E-state index in [1.54, 1.807) is 10.5 Å². The number of nitrogens with zero attached hydrogens (tertiary/aromatic N) is 1. The maximum absolute atomic E-state index is 9.53. The maximum Gasteiger partial charge on any atom is 0.328 e. The number of hydrogen-bond acceptors (Lipinski definition) is 4. The van der Waals surface area contributed by atoms with Gasteiger partial charge < -0.3 is 24.8 Å². The molecule has 2 N–H and O–H groups in total. The monoisotopic (exact) mass is 388 g/mol. The minimum atomic E-state index is -1.51. The van der Waals surface area contributed by atoms with Gasteiger partial charge in [0, 0.05) is 30.8 Å². The molecule has 2 atom stereocenters. The van der Waals surface area contributed by atoms with Crippen LogP contribution in [0.25, 0.3) is 0 Å². The van der Waals surface area contributed by atoms with Gasteiger partial charge in [-0.2, -0.15) is 0 Å². The van der Waals surface area contributed by atoms with Gasteiger partial charge in [0.2, 0.25) is 0 Å². The summed E-state index contributed by atoms with van der Waals surface area (Å²) < 4.78 is 0. The van der Waals surface area contributed by atoms with Crippen molar-refractivity contribution in [1.82, 2.24) is 0 Å². The molecular formula is C22H32N2O4. The molecule has 28 heavy (non-hydrogen) atoms. The predicted molar refractivity (Wildman–Crippen MR) is 107 cm³/mol. The summed E-state index contributed by atoms with van der Waals surface area (Å²) in [6.45, 7) is 2.51. The van der Waals surface area contributed by atoms with Crippen molar-refractivity contribution < 1.29 is 24.7 Å². The zero-order valence-corrected chi connectivity index (χ0v) is 16.9. The Kier molecular flexibility index (Phi) is 8.51. The molecule has 0 spiro atoms. The van der Waals surface area contributed by atoms with E-state index in [0.29, 0.717) is 12.2 Å². The van der Waals surface area contributed by atoms with Crippen LogP contribution < -0.4 is 14.9 Å². The van der Waals surface area contributed by atoms with Crippen LogP contribution in [0, 0.1) is 5.92 Å². The first-order chi connectivity index (χ1) is 13.4. The Bertz CT molecular complexity index is 671. The largest absolute Gasteiger partial charge is 0.545 e. The lowest BCUT2D eigenvalue weighted by molar-refractivity contribution is -0.858. The molecule has 6 heteroatoms. The lowest BCUT2D eigenvalue weighted by Gasteiger charge is -2.46. The van der Waals surface area contributed by atoms with Gasteiger partial charge in [0.15, 0.2) is 0 Å². The molecule has 0 aromatic heterocycles. The number of carbonyl (C=O) groups excluding carboxylic acids is 1. The first kappa shape index (κ1) is 22.0. The van der Waals surface area contributed by atoms with E-state index in [4.69, 9.17) is 5.11 Å². The normalized spacial score (nSPS) is 20.9. The third-order valence-electron chi connectivity index (χ3n) is 5.49. The van der Waals surface area contributed by atoms with Gasteiger partial charge in [-0.1, -0.05) is 31.0 Å². The van der Waals surface area contributed by atoms with Crippen LogP contribution in [-0.4, -0.2) is 50.3 Å². The summed E-state index contributed by atoms with van der Waals surface area (Å²) in [5, 5.41) is 17.2. The second-order valence-electron chi connectivity index (χ2n) is 7.94. The maximum atomic E-state index is 9.53. The Morgan fingerprint density at radius 3 is 2.57 bits per heavy atom. The second-order valence-corrected chi connectivity index (χ2v) is 7.94. The molecule has 2 unspecified atom stereocenters. The highest BCUT2D eigenvalue weighted by molar-refractivity contribution is 5.88. The minimum Gasteiger partial charge on any atom is -0.545 e. The van der Waals surface area contributed by atoms with Gasteiger partial charge in [-0.05, 0) is 42.9 Å². The van der Waals surface area contributed by atoms with Crippen LogP contribution in [0.3, 0.4) is 0 Å². The van der Waals surface area contributed by atoms with E-state index in [9.17, 15) is 14.7 Å². The van der Waals surface area contributed by atoms with E-state index in [1.807, 2.05) is 0 Å². The SMILES string of the molecule is C[NH+](C)CCCN1c2ccccc2CC2CCCCC21.O=C([O-])/C=C\C(=O)O. The molecule has 1 aromatic carbocycles. The van der Waals surface area contributed by atoms with Crippen molar-refractivity contribution in [2.75, 3.05) is 32.1 Å². The molecule has 154 valence electrons. The Hall–Kier alpha value is -2.34. The summed E-state index contributed by atoms with van der Waals surface area (Å²) in [5.74, 6) is -1.90. The number of anilines is 1. The van der Waals surface area contributed by atoms with Gasteiger partial charge in [0.05, 0.1) is 26.6 Å². The second kappa shape index (κ2) is 10.9. The molecule has 1 aromatic rings. The molecule has 1 aliphatic carbocycles. The van der Waals surface area contributed by atoms with Gasteiger partial charge in [-0.25, -0.2) is 4.79 Å². The van der Waals surface area contributed by atoms with Crippen molar-refractivity contribution in [3.63, 3.8) is 0 Å². The first-order valence-electron chi connectivity index (χ1n) is 10.1. The van der Waals surface area contributed by atoms with Crippen molar-refractivity contribution in [2.45, 2.75) is 44.6 Å². The van der Waals surface area contributed by atoms with Crippen molar-refractivity contribution in [3.8, 4) is 0 Å². The fourth-order valence-corrected chi connectivity index (χ4v) is 4.29. The number of carbonyl (C=O) groups is 2. The van der Waals surface area contributed by atoms with E-state index in [0.717, 1.165) is 12.0 Å². The standard InChI is InChI=1S/C18H28N2.C4H4O4/c1-19(2)12-7-13-20-17-10-5-3-8-15(17)14-16-9-4-6-11-18(16)20;5-3(6)1-2-4(7)8/h3,5,8,10,16,18H,4,6-7,9,11-14H2,1-2H3;1-2H,(H,5,6)(H,7,8)/b;2-1-. The summed E-state index contributed by atoms with van der Waals surface area (Å²) >= 11 is 0. The molecule has 0 saturated heterocycles. The molecule has 1 aliphatic heterocycles. The molecule has 6 nitrogen and oxygen atoms in total. The Morgan fingerprint density at radius 2 is 1.93 bits per heavy atom. The van der Waals surface area contributed by atoms with Crippen molar-refractivity contribution in [2.24, 2.45) is 5.92 Å². The highest BCUT2D eigenvalue weighted by atomic mass is 16.4. The molecule has 2 aliphatic rings. The summed E-state index contributed by atoms with van der Waals surface area (Å²) in [6, 6.07) is 9.94. The van der Waals surface area contributed by atoms with Crippen LogP contribution in [0.5, 0.6) is 0 Å². The van der Waals surface area contributed by atoms with Gasteiger partial charge in [-0.15, -0.1) is 0 Å². The summed E-state index contributed by atoms with van der Waals surface area (Å²) in [6.07, 6.45) is 9.29. The van der Waals surface area contributed by atoms with Gasteiger partial charge >= 0.3 is 5.97 Å². The lowest BCUT2D eigenvalue weighted by Crippen LogP contribution is -3.05. The number of aliphatic carboxylic acids is 2. The van der Waals surface area contributed by atoms with Crippen LogP contribution in [-0.2, 0) is 16.0 Å². The highest BCUT2D eigenvalue weighted by Gasteiger charge is 2.35. The summed E-state index contributed by atoms with van der Waals surface area (Å²) in [7, 11) is 4.52. The molecule has 3 rings (SSSR count). The van der Waals surface area contributed by atoms with Crippen LogP contribution in [0.1, 0.15) is 37.7 Å². The third kappa shape index (κ3) is 6.68. The molecule has 0 radical (unpaired) electrons. The molecule has 1 saturated carbocycles. The smallest absolute Gasteiger partial charge is 0.328 e. The molecule has 1 heterocycles. The Morgan fingerprint density at radius 1 is 1.21 bits per heavy atom. The number of nitrogens with one attached hydrogen (secondary N) is 1. The number of rotatable bonds is 6. The highest BCUT2D eigenvalue weighted by Crippen LogP contribution is 2.40. The Balaban J connectivity index is 0.000000300. The molecular weight excluding hydrogens is 356 g/mol. The van der Waals surface area contributed by atoms with Crippen LogP contribution in [0.15, 0.2) is 36.4 Å². The van der Waals surface area contributed by atoms with E-state index >= 15 is 0 Å². The zero-order valence-electron chi connectivity index (χ0n) is 16.9. The van der Waals surface area contributed by atoms with Gasteiger partial charge in [0.1, 0.15) is 0 Å². The number of fused-ring (bicyclic) bond motifs is 2. The fraction of sp³-hybridized carbons (Fsp3) is 0.545. The average molecular weight is 389 g/mol. The summed E-state index contributed by atoms with van der Waals surface area (Å²) in [5.41, 5.74) is 3.12. The number of quaternary nitrogens is 1. The van der Waals surface area contributed by atoms with Crippen LogP contribution >= 0.6 is 0 Å². The number of hydrogen-bond donors (Lipinski definition) is 2. The number of benzene rings is 1. The minimum absolute atomic E-state index is 0.447. The number of para-hydroxylation sites is 1. The molecule has 0 amide bonds. The van der Waals surface area contributed by atoms with Crippen LogP contribution in [0.4, 0.5) is 5.69 Å². The van der Waals surface area contributed by atoms with Crippen molar-refractivity contribution >= 4 is 17.6 Å². The zero-order chi connectivity index (χ0) is 20.5. The van der Waals surface area contributed by atoms with E-state index in [2.05, 4.69) is 43.3 Å². The number of carboxylic acid groups (broad SMARTS) is 2. The summed E-state index contributed by atoms with van der Waals surface area (Å²) in [4.78, 5) is 23.3. The predicted octanol–water partition coefficient (Wildman–Crippen LogP) is 0.520. The first-order valence-corrected chi connectivity index (χ1v) is 10.1.